The van der Waals surface area contributed by atoms with E-state index in [9.17, 15) is 4.79 Å². The molecule has 3 heteroatoms. The summed E-state index contributed by atoms with van der Waals surface area (Å²) in [6.07, 6.45) is 0.878. The number of rotatable bonds is 6. The zero-order valence-corrected chi connectivity index (χ0v) is 10.0. The van der Waals surface area contributed by atoms with Gasteiger partial charge in [-0.2, -0.15) is 0 Å². The average molecular weight is 223 g/mol. The fourth-order valence-electron chi connectivity index (χ4n) is 1.23. The first-order valence-corrected chi connectivity index (χ1v) is 6.00. The number of carbonyl (C=O) groups is 1. The molecule has 1 rings (SSSR count). The van der Waals surface area contributed by atoms with Crippen LogP contribution in [0.4, 0.5) is 0 Å². The highest BCUT2D eigenvalue weighted by Gasteiger charge is 1.98. The van der Waals surface area contributed by atoms with Crippen LogP contribution in [0, 0.1) is 0 Å². The van der Waals surface area contributed by atoms with Crippen molar-refractivity contribution < 1.29 is 4.79 Å². The Bertz CT molecular complexity index is 295. The van der Waals surface area contributed by atoms with E-state index < -0.39 is 0 Å². The Hall–Kier alpha value is -0.800. The van der Waals surface area contributed by atoms with Crippen LogP contribution in [0.1, 0.15) is 19.4 Å². The molecule has 82 valence electrons. The highest BCUT2D eigenvalue weighted by atomic mass is 32.2. The van der Waals surface area contributed by atoms with Crippen molar-refractivity contribution in [3.8, 4) is 0 Å². The third kappa shape index (κ3) is 5.00. The Morgan fingerprint density at radius 2 is 2.00 bits per heavy atom. The van der Waals surface area contributed by atoms with E-state index in [0.29, 0.717) is 11.8 Å². The minimum absolute atomic E-state index is 0.419. The van der Waals surface area contributed by atoms with Crippen molar-refractivity contribution in [3.63, 3.8) is 0 Å². The molecule has 0 aliphatic heterocycles. The molecule has 0 heterocycles. The summed E-state index contributed by atoms with van der Waals surface area (Å²) in [6, 6.07) is 8.45. The van der Waals surface area contributed by atoms with Gasteiger partial charge in [-0.3, -0.25) is 0 Å². The minimum atomic E-state index is 0.419. The molecule has 0 saturated carbocycles. The quantitative estimate of drug-likeness (QED) is 0.456. The maximum atomic E-state index is 10.1. The Balaban J connectivity index is 2.45. The topological polar surface area (TPSA) is 29.1 Å². The summed E-state index contributed by atoms with van der Waals surface area (Å²) in [5, 5.41) is 3.65. The van der Waals surface area contributed by atoms with Gasteiger partial charge in [0, 0.05) is 16.7 Å². The van der Waals surface area contributed by atoms with Crippen molar-refractivity contribution in [3.05, 3.63) is 29.8 Å². The molecule has 0 bridgehead atoms. The second-order valence-corrected chi connectivity index (χ2v) is 5.26. The summed E-state index contributed by atoms with van der Waals surface area (Å²) in [6.45, 7) is 5.54. The number of hydrogen-bond acceptors (Lipinski definition) is 3. The predicted octanol–water partition coefficient (Wildman–Crippen LogP) is 2.48. The molecule has 0 atom stereocenters. The third-order valence-electron chi connectivity index (χ3n) is 1.85. The van der Waals surface area contributed by atoms with E-state index >= 15 is 0 Å². The van der Waals surface area contributed by atoms with Gasteiger partial charge in [0.1, 0.15) is 6.29 Å². The Morgan fingerprint density at radius 3 is 2.53 bits per heavy atom. The molecule has 0 saturated heterocycles. The molecule has 0 amide bonds. The number of hydrogen-bond donors (Lipinski definition) is 1. The normalized spacial score (nSPS) is 10.6. The van der Waals surface area contributed by atoms with Crippen LogP contribution >= 0.6 is 11.8 Å². The van der Waals surface area contributed by atoms with Crippen LogP contribution in [0.2, 0.25) is 0 Å². The molecule has 1 aromatic carbocycles. The Labute approximate surface area is 95.5 Å². The van der Waals surface area contributed by atoms with Crippen LogP contribution in [-0.4, -0.2) is 18.1 Å². The lowest BCUT2D eigenvalue weighted by Gasteiger charge is -2.06. The van der Waals surface area contributed by atoms with Crippen LogP contribution in [0.25, 0.3) is 0 Å². The fraction of sp³-hybridized carbons (Fsp3) is 0.417. The number of thioether (sulfide) groups is 1. The molecule has 15 heavy (non-hydrogen) atoms. The molecule has 2 nitrogen and oxygen atoms in total. The van der Waals surface area contributed by atoms with E-state index in [4.69, 9.17) is 0 Å². The van der Waals surface area contributed by atoms with E-state index in [2.05, 4.69) is 43.4 Å². The van der Waals surface area contributed by atoms with Crippen LogP contribution in [-0.2, 0) is 11.3 Å². The molecule has 0 aliphatic carbocycles. The van der Waals surface area contributed by atoms with Gasteiger partial charge in [0.15, 0.2) is 0 Å². The Morgan fingerprint density at radius 1 is 1.33 bits per heavy atom. The van der Waals surface area contributed by atoms with Gasteiger partial charge in [0.2, 0.25) is 0 Å². The van der Waals surface area contributed by atoms with Crippen molar-refractivity contribution in [2.24, 2.45) is 0 Å². The van der Waals surface area contributed by atoms with Crippen molar-refractivity contribution >= 4 is 18.0 Å². The maximum Gasteiger partial charge on any atom is 0.133 e. The molecule has 0 unspecified atom stereocenters. The average Bonchev–Trinajstić information content (AvgIpc) is 2.20. The van der Waals surface area contributed by atoms with Crippen LogP contribution in [0.15, 0.2) is 29.2 Å². The zero-order chi connectivity index (χ0) is 11.1. The van der Waals surface area contributed by atoms with Gasteiger partial charge in [-0.25, -0.2) is 0 Å². The summed E-state index contributed by atoms with van der Waals surface area (Å²) in [4.78, 5) is 11.4. The number of aldehydes is 1. The molecule has 0 aliphatic rings. The first-order chi connectivity index (χ1) is 7.22. The molecule has 1 aromatic rings. The monoisotopic (exact) mass is 223 g/mol. The van der Waals surface area contributed by atoms with Gasteiger partial charge in [-0.05, 0) is 17.7 Å². The van der Waals surface area contributed by atoms with E-state index in [1.807, 2.05) is 11.8 Å². The van der Waals surface area contributed by atoms with Crippen LogP contribution in [0.3, 0.4) is 0 Å². The second-order valence-electron chi connectivity index (χ2n) is 3.61. The Kier molecular flexibility index (Phi) is 5.43. The van der Waals surface area contributed by atoms with Crippen LogP contribution < -0.4 is 5.32 Å². The van der Waals surface area contributed by atoms with Crippen LogP contribution in [0.5, 0.6) is 0 Å². The second kappa shape index (κ2) is 6.64. The highest BCUT2D eigenvalue weighted by molar-refractivity contribution is 7.99. The standard InChI is InChI=1S/C12H17NOS/c1-10(2)15-12-5-3-11(4-6-12)9-13-7-8-14/h3-6,8,10,13H,7,9H2,1-2H3. The number of benzene rings is 1. The molecule has 0 spiro atoms. The molecular weight excluding hydrogens is 206 g/mol. The molecule has 1 N–H and O–H groups in total. The van der Waals surface area contributed by atoms with E-state index in [0.717, 1.165) is 12.8 Å². The van der Waals surface area contributed by atoms with Crippen molar-refractivity contribution in [1.82, 2.24) is 5.32 Å². The minimum Gasteiger partial charge on any atom is -0.306 e. The van der Waals surface area contributed by atoms with Gasteiger partial charge in [0.25, 0.3) is 0 Å². The van der Waals surface area contributed by atoms with Gasteiger partial charge in [-0.15, -0.1) is 11.8 Å². The first kappa shape index (κ1) is 12.3. The van der Waals surface area contributed by atoms with Gasteiger partial charge in [0.05, 0.1) is 6.54 Å². The van der Waals surface area contributed by atoms with Crippen molar-refractivity contribution in [2.75, 3.05) is 6.54 Å². The summed E-state index contributed by atoms with van der Waals surface area (Å²) in [5.41, 5.74) is 1.21. The molecule has 0 radical (unpaired) electrons. The summed E-state index contributed by atoms with van der Waals surface area (Å²) < 4.78 is 0. The SMILES string of the molecule is CC(C)Sc1ccc(CNCC=O)cc1. The summed E-state index contributed by atoms with van der Waals surface area (Å²) >= 11 is 1.86. The molecule has 0 fully saturated rings. The van der Waals surface area contributed by atoms with Gasteiger partial charge >= 0.3 is 0 Å². The van der Waals surface area contributed by atoms with Crippen molar-refractivity contribution in [1.29, 1.82) is 0 Å². The number of carbonyl (C=O) groups excluding carboxylic acids is 1. The zero-order valence-electron chi connectivity index (χ0n) is 9.19. The lowest BCUT2D eigenvalue weighted by molar-refractivity contribution is -0.107. The van der Waals surface area contributed by atoms with Crippen molar-refractivity contribution in [2.45, 2.75) is 30.5 Å². The predicted molar refractivity (Wildman–Crippen MR) is 65.2 cm³/mol. The fourth-order valence-corrected chi connectivity index (χ4v) is 2.07. The molecular formula is C12H17NOS. The van der Waals surface area contributed by atoms with Gasteiger partial charge < -0.3 is 10.1 Å². The van der Waals surface area contributed by atoms with E-state index in [1.165, 1.54) is 10.5 Å². The van der Waals surface area contributed by atoms with E-state index in [1.54, 1.807) is 0 Å². The highest BCUT2D eigenvalue weighted by Crippen LogP contribution is 2.22. The number of nitrogens with one attached hydrogen (secondary N) is 1. The largest absolute Gasteiger partial charge is 0.306 e. The first-order valence-electron chi connectivity index (χ1n) is 5.12. The lowest BCUT2D eigenvalue weighted by Crippen LogP contribution is -2.15. The summed E-state index contributed by atoms with van der Waals surface area (Å²) in [7, 11) is 0. The lowest BCUT2D eigenvalue weighted by atomic mass is 10.2. The molecule has 0 aromatic heterocycles. The van der Waals surface area contributed by atoms with Gasteiger partial charge in [-0.1, -0.05) is 26.0 Å². The summed E-state index contributed by atoms with van der Waals surface area (Å²) in [5.74, 6) is 0. The third-order valence-corrected chi connectivity index (χ3v) is 2.87. The van der Waals surface area contributed by atoms with E-state index in [-0.39, 0.29) is 0 Å². The maximum absolute atomic E-state index is 10.1. The smallest absolute Gasteiger partial charge is 0.133 e.